The Morgan fingerprint density at radius 2 is 1.26 bits per heavy atom. The van der Waals surface area contributed by atoms with E-state index in [1.165, 1.54) is 58.9 Å². The fourth-order valence-electron chi connectivity index (χ4n) is 4.13. The average molecular weight is 546 g/mol. The molecule has 1 heterocycles. The van der Waals surface area contributed by atoms with Gasteiger partial charge in [-0.25, -0.2) is 8.42 Å². The number of anilines is 2. The highest BCUT2D eigenvalue weighted by Crippen LogP contribution is 2.31. The number of amides is 2. The normalized spacial score (nSPS) is 14.9. The third-order valence-electron chi connectivity index (χ3n) is 6.15. The summed E-state index contributed by atoms with van der Waals surface area (Å²) in [7, 11) is -3.64. The quantitative estimate of drug-likeness (QED) is 0.411. The van der Waals surface area contributed by atoms with E-state index < -0.39 is 33.6 Å². The van der Waals surface area contributed by atoms with Crippen LogP contribution in [0, 0.1) is 0 Å². The van der Waals surface area contributed by atoms with Gasteiger partial charge in [0.25, 0.3) is 11.8 Å². The topological polar surface area (TPSA) is 95.6 Å². The first-order chi connectivity index (χ1) is 18.0. The summed E-state index contributed by atoms with van der Waals surface area (Å²) in [5.41, 5.74) is -0.276. The smallest absolute Gasteiger partial charge is 0.322 e. The molecule has 7 nitrogen and oxygen atoms in total. The van der Waals surface area contributed by atoms with Crippen molar-refractivity contribution in [3.05, 3.63) is 89.5 Å². The van der Waals surface area contributed by atoms with Gasteiger partial charge in [-0.15, -0.1) is 0 Å². The van der Waals surface area contributed by atoms with Gasteiger partial charge in [0.1, 0.15) is 0 Å². The van der Waals surface area contributed by atoms with Crippen LogP contribution in [0.3, 0.4) is 0 Å². The number of alkyl halides is 3. The SMILES string of the molecule is O=C(Nc1cccc(C(=O)Nc2cccc(C(F)(F)F)c2)c1)c1ccc(S(=O)(=O)N2CCCCCC2)cc1. The van der Waals surface area contributed by atoms with Crippen molar-refractivity contribution >= 4 is 33.2 Å². The zero-order chi connectivity index (χ0) is 27.3. The van der Waals surface area contributed by atoms with Gasteiger partial charge in [0.2, 0.25) is 10.0 Å². The van der Waals surface area contributed by atoms with Crippen molar-refractivity contribution in [2.24, 2.45) is 0 Å². The second-order valence-corrected chi connectivity index (χ2v) is 10.8. The van der Waals surface area contributed by atoms with Gasteiger partial charge in [-0.1, -0.05) is 25.0 Å². The van der Waals surface area contributed by atoms with Crippen LogP contribution >= 0.6 is 0 Å². The lowest BCUT2D eigenvalue weighted by molar-refractivity contribution is -0.137. The summed E-state index contributed by atoms with van der Waals surface area (Å²) in [6.45, 7) is 0.949. The van der Waals surface area contributed by atoms with Crippen LogP contribution < -0.4 is 10.6 Å². The van der Waals surface area contributed by atoms with Gasteiger partial charge in [0.05, 0.1) is 10.5 Å². The molecule has 0 aliphatic carbocycles. The Labute approximate surface area is 218 Å². The number of hydrogen-bond donors (Lipinski definition) is 2. The summed E-state index contributed by atoms with van der Waals surface area (Å²) in [6, 6.07) is 15.8. The summed E-state index contributed by atoms with van der Waals surface area (Å²) in [6.07, 6.45) is -0.911. The lowest BCUT2D eigenvalue weighted by atomic mass is 10.1. The van der Waals surface area contributed by atoms with Gasteiger partial charge in [0.15, 0.2) is 0 Å². The number of halogens is 3. The molecule has 0 saturated carbocycles. The van der Waals surface area contributed by atoms with Crippen molar-refractivity contribution in [2.75, 3.05) is 23.7 Å². The van der Waals surface area contributed by atoms with Crippen LogP contribution in [0.25, 0.3) is 0 Å². The predicted molar refractivity (Wildman–Crippen MR) is 137 cm³/mol. The standard InChI is InChI=1S/C27H26F3N3O4S/c28-27(29,30)21-8-6-10-23(18-21)32-26(35)20-7-5-9-22(17-20)31-25(34)19-11-13-24(14-12-19)38(36,37)33-15-3-1-2-4-16-33/h5-14,17-18H,1-4,15-16H2,(H,31,34)(H,32,35). The zero-order valence-electron chi connectivity index (χ0n) is 20.3. The lowest BCUT2D eigenvalue weighted by Gasteiger charge is -2.20. The van der Waals surface area contributed by atoms with Crippen LogP contribution in [-0.4, -0.2) is 37.6 Å². The number of carbonyl (C=O) groups is 2. The number of benzene rings is 3. The summed E-state index contributed by atoms with van der Waals surface area (Å²) in [5.74, 6) is -1.16. The second-order valence-electron chi connectivity index (χ2n) is 8.91. The second kappa shape index (κ2) is 11.4. The fraction of sp³-hybridized carbons (Fsp3) is 0.259. The van der Waals surface area contributed by atoms with Crippen molar-refractivity contribution < 1.29 is 31.2 Å². The van der Waals surface area contributed by atoms with E-state index in [-0.39, 0.29) is 27.4 Å². The van der Waals surface area contributed by atoms with E-state index in [2.05, 4.69) is 10.6 Å². The molecule has 4 rings (SSSR count). The molecular formula is C27H26F3N3O4S. The van der Waals surface area contributed by atoms with E-state index >= 15 is 0 Å². The number of nitrogens with one attached hydrogen (secondary N) is 2. The Morgan fingerprint density at radius 3 is 1.87 bits per heavy atom. The van der Waals surface area contributed by atoms with E-state index in [0.717, 1.165) is 37.8 Å². The van der Waals surface area contributed by atoms with E-state index in [1.807, 2.05) is 0 Å². The maximum absolute atomic E-state index is 12.9. The van der Waals surface area contributed by atoms with Crippen LogP contribution in [0.5, 0.6) is 0 Å². The number of sulfonamides is 1. The van der Waals surface area contributed by atoms with Gasteiger partial charge in [-0.05, 0) is 73.5 Å². The molecule has 11 heteroatoms. The Bertz CT molecular complexity index is 1420. The molecule has 3 aromatic carbocycles. The Balaban J connectivity index is 1.42. The van der Waals surface area contributed by atoms with Crippen molar-refractivity contribution in [1.82, 2.24) is 4.31 Å². The van der Waals surface area contributed by atoms with Gasteiger partial charge in [-0.2, -0.15) is 17.5 Å². The maximum atomic E-state index is 12.9. The Hall–Kier alpha value is -3.70. The molecule has 0 aromatic heterocycles. The van der Waals surface area contributed by atoms with Crippen molar-refractivity contribution in [1.29, 1.82) is 0 Å². The molecule has 1 saturated heterocycles. The molecular weight excluding hydrogens is 519 g/mol. The number of rotatable bonds is 6. The van der Waals surface area contributed by atoms with E-state index in [4.69, 9.17) is 0 Å². The van der Waals surface area contributed by atoms with Crippen molar-refractivity contribution in [3.63, 3.8) is 0 Å². The highest BCUT2D eigenvalue weighted by atomic mass is 32.2. The molecule has 200 valence electrons. The molecule has 1 fully saturated rings. The van der Waals surface area contributed by atoms with Crippen molar-refractivity contribution in [3.8, 4) is 0 Å². The van der Waals surface area contributed by atoms with Crippen LogP contribution in [0.15, 0.2) is 77.7 Å². The molecule has 38 heavy (non-hydrogen) atoms. The van der Waals surface area contributed by atoms with E-state index in [1.54, 1.807) is 6.07 Å². The van der Waals surface area contributed by atoms with Crippen molar-refractivity contribution in [2.45, 2.75) is 36.8 Å². The van der Waals surface area contributed by atoms with E-state index in [9.17, 15) is 31.2 Å². The molecule has 0 unspecified atom stereocenters. The Morgan fingerprint density at radius 1 is 0.711 bits per heavy atom. The molecule has 1 aliphatic rings. The molecule has 0 radical (unpaired) electrons. The molecule has 1 aliphatic heterocycles. The summed E-state index contributed by atoms with van der Waals surface area (Å²) >= 11 is 0. The minimum atomic E-state index is -4.54. The summed E-state index contributed by atoms with van der Waals surface area (Å²) < 4.78 is 66.2. The van der Waals surface area contributed by atoms with Gasteiger partial charge in [0, 0.05) is 35.6 Å². The number of nitrogens with zero attached hydrogens (tertiary/aromatic N) is 1. The van der Waals surface area contributed by atoms with Crippen LogP contribution in [0.2, 0.25) is 0 Å². The largest absolute Gasteiger partial charge is 0.416 e. The van der Waals surface area contributed by atoms with Gasteiger partial charge >= 0.3 is 6.18 Å². The molecule has 0 atom stereocenters. The minimum Gasteiger partial charge on any atom is -0.322 e. The lowest BCUT2D eigenvalue weighted by Crippen LogP contribution is -2.31. The van der Waals surface area contributed by atoms with Gasteiger partial charge < -0.3 is 10.6 Å². The third kappa shape index (κ3) is 6.59. The molecule has 0 spiro atoms. The maximum Gasteiger partial charge on any atom is 0.416 e. The van der Waals surface area contributed by atoms with Crippen LogP contribution in [0.1, 0.15) is 52.0 Å². The summed E-state index contributed by atoms with van der Waals surface area (Å²) in [4.78, 5) is 25.5. The first-order valence-electron chi connectivity index (χ1n) is 12.0. The number of hydrogen-bond acceptors (Lipinski definition) is 4. The number of carbonyl (C=O) groups excluding carboxylic acids is 2. The monoisotopic (exact) mass is 545 g/mol. The highest BCUT2D eigenvalue weighted by molar-refractivity contribution is 7.89. The third-order valence-corrected chi connectivity index (χ3v) is 8.06. The fourth-order valence-corrected chi connectivity index (χ4v) is 5.64. The van der Waals surface area contributed by atoms with Crippen LogP contribution in [-0.2, 0) is 16.2 Å². The van der Waals surface area contributed by atoms with Crippen LogP contribution in [0.4, 0.5) is 24.5 Å². The summed E-state index contributed by atoms with van der Waals surface area (Å²) in [5, 5.41) is 5.07. The van der Waals surface area contributed by atoms with E-state index in [0.29, 0.717) is 13.1 Å². The minimum absolute atomic E-state index is 0.0190. The predicted octanol–water partition coefficient (Wildman–Crippen LogP) is 5.77. The first-order valence-corrected chi connectivity index (χ1v) is 13.5. The molecule has 2 amide bonds. The molecule has 0 bridgehead atoms. The first kappa shape index (κ1) is 27.3. The highest BCUT2D eigenvalue weighted by Gasteiger charge is 2.30. The molecule has 2 N–H and O–H groups in total. The Kier molecular flexibility index (Phi) is 8.17. The van der Waals surface area contributed by atoms with Gasteiger partial charge in [-0.3, -0.25) is 9.59 Å². The zero-order valence-corrected chi connectivity index (χ0v) is 21.1. The molecule has 3 aromatic rings. The average Bonchev–Trinajstić information content (AvgIpc) is 3.19.